The van der Waals surface area contributed by atoms with E-state index in [1.807, 2.05) is 18.2 Å². The van der Waals surface area contributed by atoms with E-state index in [-0.39, 0.29) is 24.1 Å². The summed E-state index contributed by atoms with van der Waals surface area (Å²) >= 11 is 0. The van der Waals surface area contributed by atoms with E-state index in [1.165, 1.54) is 0 Å². The highest BCUT2D eigenvalue weighted by Gasteiger charge is 2.38. The normalized spacial score (nSPS) is 14.8. The molecule has 0 saturated heterocycles. The third-order valence-electron chi connectivity index (χ3n) is 8.32. The highest BCUT2D eigenvalue weighted by molar-refractivity contribution is 5.92. The third kappa shape index (κ3) is 11.7. The Balaban J connectivity index is 2.05. The number of alkyl carbamates (subject to hydrolysis) is 1. The Morgan fingerprint density at radius 1 is 0.978 bits per heavy atom. The number of phenols is 1. The number of rotatable bonds is 15. The number of hydrogen-bond donors (Lipinski definition) is 3. The predicted molar refractivity (Wildman–Crippen MR) is 182 cm³/mol. The second-order valence-corrected chi connectivity index (χ2v) is 13.3. The summed E-state index contributed by atoms with van der Waals surface area (Å²) in [7, 11) is 0. The average Bonchev–Trinajstić information content (AvgIpc) is 3.02. The van der Waals surface area contributed by atoms with Gasteiger partial charge in [0.15, 0.2) is 0 Å². The zero-order chi connectivity index (χ0) is 33.5. The van der Waals surface area contributed by atoms with Crippen LogP contribution in [-0.4, -0.2) is 52.1 Å². The Hall–Kier alpha value is -3.99. The van der Waals surface area contributed by atoms with Crippen molar-refractivity contribution in [2.24, 2.45) is 0 Å². The van der Waals surface area contributed by atoms with Crippen molar-refractivity contribution in [1.29, 1.82) is 0 Å². The van der Waals surface area contributed by atoms with Crippen molar-refractivity contribution in [3.8, 4) is 18.1 Å². The van der Waals surface area contributed by atoms with Crippen molar-refractivity contribution < 1.29 is 24.2 Å². The fourth-order valence-electron chi connectivity index (χ4n) is 5.99. The van der Waals surface area contributed by atoms with E-state index in [0.717, 1.165) is 69.8 Å². The molecular weight excluding hydrogens is 578 g/mol. The van der Waals surface area contributed by atoms with Crippen LogP contribution >= 0.6 is 0 Å². The summed E-state index contributed by atoms with van der Waals surface area (Å²) in [6, 6.07) is 11.8. The average molecular weight is 632 g/mol. The lowest BCUT2D eigenvalue weighted by atomic mass is 9.93. The van der Waals surface area contributed by atoms with Crippen LogP contribution in [-0.2, 0) is 20.7 Å². The van der Waals surface area contributed by atoms with Gasteiger partial charge in [-0.1, -0.05) is 94.5 Å². The molecule has 1 aliphatic rings. The molecule has 0 aromatic heterocycles. The largest absolute Gasteiger partial charge is 0.508 e. The summed E-state index contributed by atoms with van der Waals surface area (Å²) in [5.41, 5.74) is 1.09. The standard InChI is InChI=1S/C38H53N3O5/c1-6-8-9-10-11-17-26-41(34(32-21-16-15-18-29(32)7-2)35(43)39-30-19-13-12-14-20-30)36(44)33(40-37(45)46-38(3,4)5)27-28-22-24-31(42)25-23-28/h2,15-16,18,21-25,30,33-34,42H,6,8-14,17,19-20,26-27H2,1,3-5H3,(H,39,43)(H,40,45). The maximum atomic E-state index is 14.8. The lowest BCUT2D eigenvalue weighted by molar-refractivity contribution is -0.143. The van der Waals surface area contributed by atoms with Crippen LogP contribution in [0.25, 0.3) is 0 Å². The minimum absolute atomic E-state index is 0.0282. The molecule has 2 unspecified atom stereocenters. The van der Waals surface area contributed by atoms with Crippen LogP contribution < -0.4 is 10.6 Å². The van der Waals surface area contributed by atoms with Gasteiger partial charge in [0.25, 0.3) is 0 Å². The maximum Gasteiger partial charge on any atom is 0.408 e. The Bertz CT molecular complexity index is 1300. The minimum Gasteiger partial charge on any atom is -0.508 e. The van der Waals surface area contributed by atoms with E-state index in [0.29, 0.717) is 24.1 Å². The predicted octanol–water partition coefficient (Wildman–Crippen LogP) is 7.19. The number of hydrogen-bond acceptors (Lipinski definition) is 5. The number of unbranched alkanes of at least 4 members (excludes halogenated alkanes) is 5. The number of aromatic hydroxyl groups is 1. The van der Waals surface area contributed by atoms with E-state index < -0.39 is 29.7 Å². The molecule has 2 atom stereocenters. The van der Waals surface area contributed by atoms with E-state index in [4.69, 9.17) is 11.2 Å². The molecule has 0 spiro atoms. The summed E-state index contributed by atoms with van der Waals surface area (Å²) in [5, 5.41) is 15.9. The molecule has 1 saturated carbocycles. The first-order valence-electron chi connectivity index (χ1n) is 17.0. The monoisotopic (exact) mass is 631 g/mol. The summed E-state index contributed by atoms with van der Waals surface area (Å²) in [6.45, 7) is 7.77. The Kier molecular flexibility index (Phi) is 14.5. The van der Waals surface area contributed by atoms with Crippen molar-refractivity contribution in [2.75, 3.05) is 6.54 Å². The molecule has 1 fully saturated rings. The topological polar surface area (TPSA) is 108 Å². The zero-order valence-corrected chi connectivity index (χ0v) is 28.1. The zero-order valence-electron chi connectivity index (χ0n) is 28.1. The number of terminal acetylenes is 1. The molecule has 0 bridgehead atoms. The van der Waals surface area contributed by atoms with Gasteiger partial charge < -0.3 is 25.4 Å². The number of benzene rings is 2. The highest BCUT2D eigenvalue weighted by Crippen LogP contribution is 2.28. The number of nitrogens with one attached hydrogen (secondary N) is 2. The second-order valence-electron chi connectivity index (χ2n) is 13.3. The first-order valence-corrected chi connectivity index (χ1v) is 17.0. The molecule has 8 nitrogen and oxygen atoms in total. The van der Waals surface area contributed by atoms with Crippen molar-refractivity contribution in [2.45, 2.75) is 128 Å². The van der Waals surface area contributed by atoms with Gasteiger partial charge in [0.2, 0.25) is 11.8 Å². The van der Waals surface area contributed by atoms with Crippen molar-refractivity contribution >= 4 is 17.9 Å². The molecular formula is C38H53N3O5. The van der Waals surface area contributed by atoms with E-state index in [2.05, 4.69) is 23.5 Å². The number of phenolic OH excluding ortho intramolecular Hbond substituents is 1. The molecule has 46 heavy (non-hydrogen) atoms. The summed E-state index contributed by atoms with van der Waals surface area (Å²) < 4.78 is 5.55. The fraction of sp³-hybridized carbons (Fsp3) is 0.553. The van der Waals surface area contributed by atoms with Gasteiger partial charge in [-0.2, -0.15) is 0 Å². The molecule has 3 rings (SSSR count). The number of carbonyl (C=O) groups excluding carboxylic acids is 3. The molecule has 2 aromatic rings. The lowest BCUT2D eigenvalue weighted by Gasteiger charge is -2.36. The van der Waals surface area contributed by atoms with Gasteiger partial charge in [-0.3, -0.25) is 9.59 Å². The molecule has 3 amide bonds. The molecule has 250 valence electrons. The lowest BCUT2D eigenvalue weighted by Crippen LogP contribution is -2.54. The molecule has 8 heteroatoms. The minimum atomic E-state index is -1.04. The van der Waals surface area contributed by atoms with Crippen LogP contribution in [0.3, 0.4) is 0 Å². The van der Waals surface area contributed by atoms with Crippen LogP contribution in [0.5, 0.6) is 5.75 Å². The molecule has 2 aromatic carbocycles. The van der Waals surface area contributed by atoms with Crippen LogP contribution in [0, 0.1) is 12.3 Å². The van der Waals surface area contributed by atoms with E-state index in [9.17, 15) is 19.5 Å². The molecule has 0 radical (unpaired) electrons. The van der Waals surface area contributed by atoms with Crippen LogP contribution in [0.2, 0.25) is 0 Å². The van der Waals surface area contributed by atoms with E-state index >= 15 is 0 Å². The second kappa shape index (κ2) is 18.2. The van der Waals surface area contributed by atoms with Gasteiger partial charge in [-0.15, -0.1) is 6.42 Å². The number of amides is 3. The van der Waals surface area contributed by atoms with Crippen LogP contribution in [0.15, 0.2) is 48.5 Å². The molecule has 0 heterocycles. The van der Waals surface area contributed by atoms with Crippen LogP contribution in [0.4, 0.5) is 4.79 Å². The van der Waals surface area contributed by atoms with Crippen molar-refractivity contribution in [3.63, 3.8) is 0 Å². The SMILES string of the molecule is C#Cc1ccccc1C(C(=O)NC1CCCCC1)N(CCCCCCCC)C(=O)C(Cc1ccc(O)cc1)NC(=O)OC(C)(C)C. The number of carbonyl (C=O) groups is 3. The number of nitrogens with zero attached hydrogens (tertiary/aromatic N) is 1. The van der Waals surface area contributed by atoms with Crippen molar-refractivity contribution in [3.05, 3.63) is 65.2 Å². The van der Waals surface area contributed by atoms with E-state index in [1.54, 1.807) is 56.0 Å². The van der Waals surface area contributed by atoms with Gasteiger partial charge in [0.05, 0.1) is 0 Å². The van der Waals surface area contributed by atoms with Crippen LogP contribution in [0.1, 0.15) is 121 Å². The summed E-state index contributed by atoms with van der Waals surface area (Å²) in [4.78, 5) is 43.8. The number of ether oxygens (including phenoxy) is 1. The smallest absolute Gasteiger partial charge is 0.408 e. The Morgan fingerprint density at radius 3 is 2.28 bits per heavy atom. The van der Waals surface area contributed by atoms with Gasteiger partial charge in [-0.05, 0) is 69.4 Å². The summed E-state index contributed by atoms with van der Waals surface area (Å²) in [6.07, 6.45) is 16.4. The first kappa shape index (κ1) is 36.5. The Morgan fingerprint density at radius 2 is 1.63 bits per heavy atom. The third-order valence-corrected chi connectivity index (χ3v) is 8.32. The van der Waals surface area contributed by atoms with Gasteiger partial charge in [0.1, 0.15) is 23.4 Å². The van der Waals surface area contributed by atoms with Gasteiger partial charge in [-0.25, -0.2) is 4.79 Å². The Labute approximate surface area is 275 Å². The molecule has 0 aliphatic heterocycles. The maximum absolute atomic E-state index is 14.8. The highest BCUT2D eigenvalue weighted by atomic mass is 16.6. The fourth-order valence-corrected chi connectivity index (χ4v) is 5.99. The molecule has 3 N–H and O–H groups in total. The van der Waals surface area contributed by atoms with Gasteiger partial charge >= 0.3 is 6.09 Å². The quantitative estimate of drug-likeness (QED) is 0.142. The van der Waals surface area contributed by atoms with Gasteiger partial charge in [0, 0.05) is 24.6 Å². The first-order chi connectivity index (χ1) is 22.0. The van der Waals surface area contributed by atoms with Crippen molar-refractivity contribution in [1.82, 2.24) is 15.5 Å². The molecule has 1 aliphatic carbocycles. The summed E-state index contributed by atoms with van der Waals surface area (Å²) in [5.74, 6) is 2.15.